The highest BCUT2D eigenvalue weighted by Gasteiger charge is 2.30. The molecule has 0 radical (unpaired) electrons. The highest BCUT2D eigenvalue weighted by Crippen LogP contribution is 2.26. The summed E-state index contributed by atoms with van der Waals surface area (Å²) < 4.78 is 35.7. The van der Waals surface area contributed by atoms with Gasteiger partial charge in [-0.15, -0.1) is 0 Å². The standard InChI is InChI=1S/C24H25N5O4S/c1-17-7-8-21-26-23-19(24(30)29(21)16-17)15-20(34(31,32)18-5-3-2-4-6-18)22(25)28(23)10-9-27-11-13-33-14-12-27/h2-8,15-16,25H,9-14H2,1H3/p+2. The summed E-state index contributed by atoms with van der Waals surface area (Å²) in [5, 5.41) is 0.212. The Bertz CT molecular complexity index is 1550. The van der Waals surface area contributed by atoms with E-state index in [1.807, 2.05) is 13.0 Å². The van der Waals surface area contributed by atoms with Crippen LogP contribution in [-0.2, 0) is 21.1 Å². The fraction of sp³-hybridized carbons (Fsp3) is 0.292. The van der Waals surface area contributed by atoms with Crippen molar-refractivity contribution in [2.45, 2.75) is 23.3 Å². The first kappa shape index (κ1) is 22.5. The lowest BCUT2D eigenvalue weighted by Crippen LogP contribution is -3.14. The molecule has 1 fully saturated rings. The monoisotopic (exact) mass is 481 g/mol. The maximum atomic E-state index is 13.5. The topological polar surface area (TPSA) is 112 Å². The molecule has 34 heavy (non-hydrogen) atoms. The van der Waals surface area contributed by atoms with E-state index < -0.39 is 9.84 Å². The van der Waals surface area contributed by atoms with Gasteiger partial charge in [0.2, 0.25) is 21.3 Å². The molecule has 1 aliphatic heterocycles. The van der Waals surface area contributed by atoms with Gasteiger partial charge in [0.05, 0.1) is 18.1 Å². The van der Waals surface area contributed by atoms with Crippen molar-refractivity contribution in [3.05, 3.63) is 70.6 Å². The van der Waals surface area contributed by atoms with Crippen LogP contribution in [0.2, 0.25) is 0 Å². The number of aryl methyl sites for hydroxylation is 1. The van der Waals surface area contributed by atoms with Crippen molar-refractivity contribution in [2.24, 2.45) is 0 Å². The Hall–Kier alpha value is -3.34. The van der Waals surface area contributed by atoms with Crippen molar-refractivity contribution < 1.29 is 22.6 Å². The van der Waals surface area contributed by atoms with Crippen LogP contribution in [0.15, 0.2) is 69.3 Å². The molecule has 3 aromatic heterocycles. The number of hydrogen-bond acceptors (Lipinski definition) is 6. The molecule has 0 atom stereocenters. The zero-order valence-corrected chi connectivity index (χ0v) is 19.7. The van der Waals surface area contributed by atoms with Gasteiger partial charge < -0.3 is 15.4 Å². The van der Waals surface area contributed by atoms with E-state index in [1.54, 1.807) is 35.0 Å². The second-order valence-electron chi connectivity index (χ2n) is 8.56. The highest BCUT2D eigenvalue weighted by molar-refractivity contribution is 7.91. The summed E-state index contributed by atoms with van der Waals surface area (Å²) in [6.45, 7) is 6.10. The van der Waals surface area contributed by atoms with Gasteiger partial charge in [0.25, 0.3) is 11.2 Å². The smallest absolute Gasteiger partial charge is 0.278 e. The molecule has 4 heterocycles. The number of nitrogens with two attached hydrogens (primary N) is 1. The van der Waals surface area contributed by atoms with Crippen LogP contribution in [-0.4, -0.2) is 50.7 Å². The predicted octanol–water partition coefficient (Wildman–Crippen LogP) is -0.226. The number of anilines is 1. The number of quaternary nitrogens is 1. The van der Waals surface area contributed by atoms with Gasteiger partial charge in [-0.3, -0.25) is 9.20 Å². The number of pyridine rings is 2. The molecule has 1 aliphatic rings. The third-order valence-electron chi connectivity index (χ3n) is 6.29. The van der Waals surface area contributed by atoms with Gasteiger partial charge in [0, 0.05) is 6.20 Å². The molecular formula is C24H27N5O4S+2. The van der Waals surface area contributed by atoms with Crippen molar-refractivity contribution >= 4 is 32.3 Å². The third-order valence-corrected chi connectivity index (χ3v) is 8.09. The van der Waals surface area contributed by atoms with E-state index in [9.17, 15) is 13.2 Å². The van der Waals surface area contributed by atoms with Crippen LogP contribution in [0.3, 0.4) is 0 Å². The van der Waals surface area contributed by atoms with Crippen LogP contribution in [0.5, 0.6) is 0 Å². The van der Waals surface area contributed by atoms with Crippen molar-refractivity contribution in [2.75, 3.05) is 38.6 Å². The molecule has 5 rings (SSSR count). The lowest BCUT2D eigenvalue weighted by molar-refractivity contribution is -0.923. The fourth-order valence-corrected chi connectivity index (χ4v) is 5.81. The summed E-state index contributed by atoms with van der Waals surface area (Å²) >= 11 is 0. The first-order valence-corrected chi connectivity index (χ1v) is 12.7. The number of nitrogens with zero attached hydrogens (tertiary/aromatic N) is 3. The summed E-state index contributed by atoms with van der Waals surface area (Å²) in [5.41, 5.74) is 7.93. The van der Waals surface area contributed by atoms with Crippen molar-refractivity contribution in [1.29, 1.82) is 0 Å². The van der Waals surface area contributed by atoms with Crippen molar-refractivity contribution in [1.82, 2.24) is 9.38 Å². The Morgan fingerprint density at radius 2 is 1.88 bits per heavy atom. The van der Waals surface area contributed by atoms with E-state index in [0.29, 0.717) is 37.6 Å². The number of nitrogens with one attached hydrogen (secondary N) is 1. The van der Waals surface area contributed by atoms with E-state index in [0.717, 1.165) is 18.7 Å². The van der Waals surface area contributed by atoms with Gasteiger partial charge >= 0.3 is 0 Å². The number of rotatable bonds is 5. The summed E-state index contributed by atoms with van der Waals surface area (Å²) in [7, 11) is -3.95. The zero-order chi connectivity index (χ0) is 23.9. The minimum Gasteiger partial charge on any atom is -0.370 e. The molecule has 176 valence electrons. The first-order chi connectivity index (χ1) is 16.4. The van der Waals surface area contributed by atoms with Crippen LogP contribution in [0, 0.1) is 6.92 Å². The first-order valence-electron chi connectivity index (χ1n) is 11.2. The molecule has 0 unspecified atom stereocenters. The van der Waals surface area contributed by atoms with Gasteiger partial charge in [-0.05, 0) is 36.8 Å². The second-order valence-corrected chi connectivity index (χ2v) is 10.5. The van der Waals surface area contributed by atoms with Crippen LogP contribution in [0.25, 0.3) is 16.7 Å². The van der Waals surface area contributed by atoms with Crippen LogP contribution < -0.4 is 20.8 Å². The quantitative estimate of drug-likeness (QED) is 0.301. The van der Waals surface area contributed by atoms with Crippen LogP contribution in [0.1, 0.15) is 5.56 Å². The Morgan fingerprint density at radius 1 is 1.15 bits per heavy atom. The van der Waals surface area contributed by atoms with Gasteiger partial charge in [0.15, 0.2) is 0 Å². The number of hydrogen-bond donors (Lipinski definition) is 2. The number of benzene rings is 1. The maximum Gasteiger partial charge on any atom is 0.278 e. The highest BCUT2D eigenvalue weighted by atomic mass is 32.2. The molecular weight excluding hydrogens is 454 g/mol. The Balaban J connectivity index is 1.75. The van der Waals surface area contributed by atoms with E-state index in [2.05, 4.69) is 0 Å². The number of nitrogen functional groups attached to an aromatic ring is 1. The number of ether oxygens (including phenoxy) is 1. The van der Waals surface area contributed by atoms with Crippen molar-refractivity contribution in [3.63, 3.8) is 0 Å². The predicted molar refractivity (Wildman–Crippen MR) is 127 cm³/mol. The molecule has 10 heteroatoms. The minimum atomic E-state index is -3.95. The third kappa shape index (κ3) is 3.93. The molecule has 0 bridgehead atoms. The number of fused-ring (bicyclic) bond motifs is 2. The maximum absolute atomic E-state index is 13.5. The van der Waals surface area contributed by atoms with E-state index in [-0.39, 0.29) is 26.6 Å². The normalized spacial score (nSPS) is 15.2. The Labute approximate surface area is 196 Å². The average molecular weight is 482 g/mol. The number of sulfone groups is 1. The fourth-order valence-electron chi connectivity index (χ4n) is 4.38. The molecule has 0 aliphatic carbocycles. The molecule has 4 aromatic rings. The second kappa shape index (κ2) is 8.79. The van der Waals surface area contributed by atoms with E-state index in [4.69, 9.17) is 15.5 Å². The largest absolute Gasteiger partial charge is 0.370 e. The molecule has 9 nitrogen and oxygen atoms in total. The number of morpholine rings is 1. The molecule has 3 N–H and O–H groups in total. The van der Waals surface area contributed by atoms with Gasteiger partial charge in [-0.2, -0.15) is 0 Å². The van der Waals surface area contributed by atoms with E-state index >= 15 is 0 Å². The van der Waals surface area contributed by atoms with Gasteiger partial charge in [-0.25, -0.2) is 13.0 Å². The molecule has 0 amide bonds. The Kier molecular flexibility index (Phi) is 5.80. The molecule has 0 spiro atoms. The summed E-state index contributed by atoms with van der Waals surface area (Å²) in [4.78, 5) is 19.6. The van der Waals surface area contributed by atoms with Gasteiger partial charge in [0.1, 0.15) is 36.5 Å². The Morgan fingerprint density at radius 3 is 2.62 bits per heavy atom. The lowest BCUT2D eigenvalue weighted by atomic mass is 10.2. The van der Waals surface area contributed by atoms with Crippen molar-refractivity contribution in [3.8, 4) is 0 Å². The van der Waals surface area contributed by atoms with Crippen LogP contribution in [0.4, 0.5) is 5.82 Å². The molecule has 1 aromatic carbocycles. The van der Waals surface area contributed by atoms with Gasteiger partial charge in [-0.1, -0.05) is 29.2 Å². The SMILES string of the molecule is Cc1ccc2nc3c(cc(S(=O)(=O)c4ccccc4)c(N)[n+]3CC[NH+]3CCOCC3)c(=O)n2c1. The summed E-state index contributed by atoms with van der Waals surface area (Å²) in [6, 6.07) is 13.1. The summed E-state index contributed by atoms with van der Waals surface area (Å²) in [6.07, 6.45) is 1.70. The average Bonchev–Trinajstić information content (AvgIpc) is 2.85. The molecule has 0 saturated carbocycles. The molecule has 1 saturated heterocycles. The minimum absolute atomic E-state index is 0.0763. The van der Waals surface area contributed by atoms with Crippen LogP contribution >= 0.6 is 0 Å². The zero-order valence-electron chi connectivity index (χ0n) is 18.9. The lowest BCUT2D eigenvalue weighted by Gasteiger charge is -2.23. The summed E-state index contributed by atoms with van der Waals surface area (Å²) in [5.74, 6) is 0.0763. The number of aromatic nitrogens is 3. The van der Waals surface area contributed by atoms with E-state index in [1.165, 1.54) is 27.5 Å².